The summed E-state index contributed by atoms with van der Waals surface area (Å²) in [4.78, 5) is 19.6. The topological polar surface area (TPSA) is 66.9 Å². The number of aromatic nitrogens is 2. The molecule has 2 N–H and O–H groups in total. The van der Waals surface area contributed by atoms with Crippen LogP contribution in [-0.4, -0.2) is 22.9 Å². The monoisotopic (exact) mass is 256 g/mol. The molecule has 0 saturated heterocycles. The van der Waals surface area contributed by atoms with Gasteiger partial charge in [-0.05, 0) is 17.7 Å². The van der Waals surface area contributed by atoms with Gasteiger partial charge in [0.15, 0.2) is 0 Å². The van der Waals surface area contributed by atoms with Crippen molar-refractivity contribution in [2.24, 2.45) is 0 Å². The van der Waals surface area contributed by atoms with Crippen LogP contribution in [0.2, 0.25) is 0 Å². The molecule has 2 aromatic rings. The minimum Gasteiger partial charge on any atom is -0.355 e. The van der Waals surface area contributed by atoms with E-state index in [0.717, 1.165) is 17.8 Å². The van der Waals surface area contributed by atoms with E-state index in [9.17, 15) is 4.79 Å². The van der Waals surface area contributed by atoms with Crippen molar-refractivity contribution in [1.29, 1.82) is 0 Å². The number of carbonyl (C=O) groups is 1. The van der Waals surface area contributed by atoms with E-state index in [1.54, 1.807) is 25.6 Å². The van der Waals surface area contributed by atoms with Crippen LogP contribution in [0.3, 0.4) is 0 Å². The smallest absolute Gasteiger partial charge is 0.251 e. The maximum absolute atomic E-state index is 11.4. The standard InChI is InChI=1S/C14H16N4O/c1-15-14(19)12-4-2-11(3-5-12)8-17-10-13-9-16-6-7-18-13/h2-7,9,17H,8,10H2,1H3,(H,15,19). The minimum atomic E-state index is -0.0703. The Kier molecular flexibility index (Phi) is 4.58. The highest BCUT2D eigenvalue weighted by Gasteiger charge is 2.02. The van der Waals surface area contributed by atoms with Crippen molar-refractivity contribution < 1.29 is 4.79 Å². The molecule has 0 aliphatic carbocycles. The van der Waals surface area contributed by atoms with E-state index in [-0.39, 0.29) is 5.91 Å². The minimum absolute atomic E-state index is 0.0703. The van der Waals surface area contributed by atoms with Crippen molar-refractivity contribution in [3.05, 3.63) is 59.7 Å². The Morgan fingerprint density at radius 1 is 1.16 bits per heavy atom. The van der Waals surface area contributed by atoms with Crippen molar-refractivity contribution in [2.45, 2.75) is 13.1 Å². The molecule has 0 fully saturated rings. The molecular formula is C14H16N4O. The summed E-state index contributed by atoms with van der Waals surface area (Å²) in [6.07, 6.45) is 5.07. The van der Waals surface area contributed by atoms with Crippen LogP contribution in [0.15, 0.2) is 42.9 Å². The number of benzene rings is 1. The van der Waals surface area contributed by atoms with E-state index in [0.29, 0.717) is 12.1 Å². The molecule has 0 aliphatic heterocycles. The number of rotatable bonds is 5. The molecule has 5 heteroatoms. The first-order valence-electron chi connectivity index (χ1n) is 6.06. The van der Waals surface area contributed by atoms with Crippen LogP contribution in [0, 0.1) is 0 Å². The molecule has 0 bridgehead atoms. The normalized spacial score (nSPS) is 10.2. The van der Waals surface area contributed by atoms with Gasteiger partial charge in [0.05, 0.1) is 5.69 Å². The number of nitrogens with one attached hydrogen (secondary N) is 2. The second kappa shape index (κ2) is 6.61. The van der Waals surface area contributed by atoms with E-state index in [2.05, 4.69) is 20.6 Å². The predicted molar refractivity (Wildman–Crippen MR) is 72.4 cm³/mol. The number of amides is 1. The Bertz CT molecular complexity index is 525. The van der Waals surface area contributed by atoms with Gasteiger partial charge in [-0.3, -0.25) is 14.8 Å². The van der Waals surface area contributed by atoms with Crippen LogP contribution >= 0.6 is 0 Å². The Hall–Kier alpha value is -2.27. The van der Waals surface area contributed by atoms with Gasteiger partial charge in [0.2, 0.25) is 0 Å². The Balaban J connectivity index is 1.85. The lowest BCUT2D eigenvalue weighted by Crippen LogP contribution is -2.18. The lowest BCUT2D eigenvalue weighted by atomic mass is 10.1. The van der Waals surface area contributed by atoms with Crippen molar-refractivity contribution in [3.8, 4) is 0 Å². The average molecular weight is 256 g/mol. The number of hydrogen-bond acceptors (Lipinski definition) is 4. The van der Waals surface area contributed by atoms with Gasteiger partial charge in [-0.2, -0.15) is 0 Å². The molecule has 1 aromatic heterocycles. The van der Waals surface area contributed by atoms with Gasteiger partial charge in [0, 0.05) is 44.3 Å². The Morgan fingerprint density at radius 3 is 2.58 bits per heavy atom. The number of nitrogens with zero attached hydrogens (tertiary/aromatic N) is 2. The van der Waals surface area contributed by atoms with Gasteiger partial charge in [-0.1, -0.05) is 12.1 Å². The molecule has 0 aliphatic rings. The first-order valence-corrected chi connectivity index (χ1v) is 6.06. The molecule has 98 valence electrons. The van der Waals surface area contributed by atoms with Gasteiger partial charge in [0.1, 0.15) is 0 Å². The van der Waals surface area contributed by atoms with Crippen LogP contribution < -0.4 is 10.6 Å². The van der Waals surface area contributed by atoms with Crippen LogP contribution in [0.5, 0.6) is 0 Å². The molecule has 0 unspecified atom stereocenters. The third-order valence-electron chi connectivity index (χ3n) is 2.70. The maximum atomic E-state index is 11.4. The summed E-state index contributed by atoms with van der Waals surface area (Å²) in [5.74, 6) is -0.0703. The molecule has 1 heterocycles. The lowest BCUT2D eigenvalue weighted by molar-refractivity contribution is 0.0963. The van der Waals surface area contributed by atoms with E-state index in [1.165, 1.54) is 0 Å². The second-order valence-corrected chi connectivity index (χ2v) is 4.08. The zero-order valence-electron chi connectivity index (χ0n) is 10.8. The van der Waals surface area contributed by atoms with E-state index in [4.69, 9.17) is 0 Å². The Labute approximate surface area is 112 Å². The molecule has 5 nitrogen and oxygen atoms in total. The van der Waals surface area contributed by atoms with Gasteiger partial charge in [-0.15, -0.1) is 0 Å². The largest absolute Gasteiger partial charge is 0.355 e. The Morgan fingerprint density at radius 2 is 1.95 bits per heavy atom. The van der Waals surface area contributed by atoms with Gasteiger partial charge >= 0.3 is 0 Å². The summed E-state index contributed by atoms with van der Waals surface area (Å²) < 4.78 is 0. The van der Waals surface area contributed by atoms with Crippen LogP contribution in [0.25, 0.3) is 0 Å². The average Bonchev–Trinajstić information content (AvgIpc) is 2.48. The molecule has 2 rings (SSSR count). The summed E-state index contributed by atoms with van der Waals surface area (Å²) in [7, 11) is 1.62. The summed E-state index contributed by atoms with van der Waals surface area (Å²) in [6.45, 7) is 1.40. The molecule has 0 spiro atoms. The fourth-order valence-electron chi connectivity index (χ4n) is 1.67. The van der Waals surface area contributed by atoms with Crippen molar-refractivity contribution in [1.82, 2.24) is 20.6 Å². The highest BCUT2D eigenvalue weighted by Crippen LogP contribution is 2.04. The van der Waals surface area contributed by atoms with E-state index < -0.39 is 0 Å². The summed E-state index contributed by atoms with van der Waals surface area (Å²) in [5.41, 5.74) is 2.70. The number of carbonyl (C=O) groups excluding carboxylic acids is 1. The SMILES string of the molecule is CNC(=O)c1ccc(CNCc2cnccn2)cc1. The summed E-state index contributed by atoms with van der Waals surface area (Å²) >= 11 is 0. The zero-order chi connectivity index (χ0) is 13.5. The summed E-state index contributed by atoms with van der Waals surface area (Å²) in [5, 5.41) is 5.87. The molecule has 19 heavy (non-hydrogen) atoms. The summed E-state index contributed by atoms with van der Waals surface area (Å²) in [6, 6.07) is 7.51. The third-order valence-corrected chi connectivity index (χ3v) is 2.70. The predicted octanol–water partition coefficient (Wildman–Crippen LogP) is 1.13. The highest BCUT2D eigenvalue weighted by molar-refractivity contribution is 5.93. The number of hydrogen-bond donors (Lipinski definition) is 2. The second-order valence-electron chi connectivity index (χ2n) is 4.08. The molecular weight excluding hydrogens is 240 g/mol. The third kappa shape index (κ3) is 3.86. The zero-order valence-corrected chi connectivity index (χ0v) is 10.8. The van der Waals surface area contributed by atoms with Crippen molar-refractivity contribution in [3.63, 3.8) is 0 Å². The first-order chi connectivity index (χ1) is 9.29. The molecule has 0 radical (unpaired) electrons. The van der Waals surface area contributed by atoms with Crippen molar-refractivity contribution >= 4 is 5.91 Å². The fraction of sp³-hybridized carbons (Fsp3) is 0.214. The molecule has 0 atom stereocenters. The van der Waals surface area contributed by atoms with Crippen LogP contribution in [0.4, 0.5) is 0 Å². The fourth-order valence-corrected chi connectivity index (χ4v) is 1.67. The van der Waals surface area contributed by atoms with Gasteiger partial charge in [0.25, 0.3) is 5.91 Å². The van der Waals surface area contributed by atoms with Gasteiger partial charge < -0.3 is 10.6 Å². The molecule has 1 aromatic carbocycles. The van der Waals surface area contributed by atoms with Gasteiger partial charge in [-0.25, -0.2) is 0 Å². The van der Waals surface area contributed by atoms with E-state index in [1.807, 2.05) is 24.3 Å². The van der Waals surface area contributed by atoms with Crippen LogP contribution in [-0.2, 0) is 13.1 Å². The first kappa shape index (κ1) is 13.2. The molecule has 1 amide bonds. The van der Waals surface area contributed by atoms with Crippen molar-refractivity contribution in [2.75, 3.05) is 7.05 Å². The lowest BCUT2D eigenvalue weighted by Gasteiger charge is -2.05. The molecule has 0 saturated carbocycles. The maximum Gasteiger partial charge on any atom is 0.251 e. The van der Waals surface area contributed by atoms with Crippen LogP contribution in [0.1, 0.15) is 21.6 Å². The van der Waals surface area contributed by atoms with E-state index >= 15 is 0 Å². The highest BCUT2D eigenvalue weighted by atomic mass is 16.1. The quantitative estimate of drug-likeness (QED) is 0.841.